The molecule has 0 saturated carbocycles. The lowest BCUT2D eigenvalue weighted by Crippen LogP contribution is -2.43. The lowest BCUT2D eigenvalue weighted by Gasteiger charge is -2.28. The lowest BCUT2D eigenvalue weighted by atomic mass is 10.1. The second-order valence-corrected chi connectivity index (χ2v) is 9.87. The third-order valence-corrected chi connectivity index (χ3v) is 7.35. The third-order valence-electron chi connectivity index (χ3n) is 5.60. The average Bonchev–Trinajstić information content (AvgIpc) is 3.30. The number of nitrogens with zero attached hydrogens (tertiary/aromatic N) is 1. The monoisotopic (exact) mass is 399 g/mol. The van der Waals surface area contributed by atoms with E-state index in [9.17, 15) is 13.2 Å². The van der Waals surface area contributed by atoms with Gasteiger partial charge in [0.25, 0.3) is 5.91 Å². The van der Waals surface area contributed by atoms with Crippen molar-refractivity contribution in [1.29, 1.82) is 0 Å². The van der Waals surface area contributed by atoms with Crippen molar-refractivity contribution in [3.63, 3.8) is 0 Å². The van der Waals surface area contributed by atoms with Crippen molar-refractivity contribution in [2.75, 3.05) is 18.1 Å². The van der Waals surface area contributed by atoms with Crippen LogP contribution < -0.4 is 4.74 Å². The number of benzene rings is 2. The summed E-state index contributed by atoms with van der Waals surface area (Å²) in [4.78, 5) is 14.6. The van der Waals surface area contributed by atoms with Crippen LogP contribution in [0.15, 0.2) is 48.5 Å². The van der Waals surface area contributed by atoms with Crippen LogP contribution in [0, 0.1) is 0 Å². The molecule has 0 N–H and O–H groups in total. The number of carbonyl (C=O) groups excluding carboxylic acids is 1. The van der Waals surface area contributed by atoms with Crippen molar-refractivity contribution in [2.45, 2.75) is 38.3 Å². The predicted molar refractivity (Wildman–Crippen MR) is 108 cm³/mol. The molecular formula is C22H25NO4S. The van der Waals surface area contributed by atoms with Crippen molar-refractivity contribution in [3.05, 3.63) is 65.2 Å². The van der Waals surface area contributed by atoms with Crippen molar-refractivity contribution in [3.8, 4) is 5.75 Å². The van der Waals surface area contributed by atoms with Gasteiger partial charge in [-0.05, 0) is 54.5 Å². The predicted octanol–water partition coefficient (Wildman–Crippen LogP) is 2.77. The minimum Gasteiger partial charge on any atom is -0.484 e. The largest absolute Gasteiger partial charge is 0.484 e. The highest BCUT2D eigenvalue weighted by molar-refractivity contribution is 7.91. The molecule has 1 amide bonds. The van der Waals surface area contributed by atoms with Gasteiger partial charge in [-0.3, -0.25) is 4.79 Å². The van der Waals surface area contributed by atoms with E-state index in [1.165, 1.54) is 17.5 Å². The van der Waals surface area contributed by atoms with E-state index < -0.39 is 9.84 Å². The molecule has 1 fully saturated rings. The second kappa shape index (κ2) is 7.95. The van der Waals surface area contributed by atoms with Gasteiger partial charge in [-0.1, -0.05) is 36.4 Å². The molecule has 0 spiro atoms. The molecular weight excluding hydrogens is 374 g/mol. The Labute approximate surface area is 166 Å². The highest BCUT2D eigenvalue weighted by Crippen LogP contribution is 2.26. The van der Waals surface area contributed by atoms with E-state index in [0.717, 1.165) is 18.4 Å². The summed E-state index contributed by atoms with van der Waals surface area (Å²) < 4.78 is 29.7. The van der Waals surface area contributed by atoms with E-state index in [0.29, 0.717) is 18.7 Å². The molecule has 1 heterocycles. The van der Waals surface area contributed by atoms with Gasteiger partial charge in [0.15, 0.2) is 16.4 Å². The van der Waals surface area contributed by atoms with Gasteiger partial charge >= 0.3 is 0 Å². The van der Waals surface area contributed by atoms with E-state index in [2.05, 4.69) is 6.07 Å². The molecule has 0 bridgehead atoms. The summed E-state index contributed by atoms with van der Waals surface area (Å²) in [6.07, 6.45) is 3.81. The minimum atomic E-state index is -3.07. The molecule has 2 aromatic carbocycles. The topological polar surface area (TPSA) is 63.7 Å². The van der Waals surface area contributed by atoms with Crippen molar-refractivity contribution in [1.82, 2.24) is 4.90 Å². The fraction of sp³-hybridized carbons (Fsp3) is 0.409. The van der Waals surface area contributed by atoms with Crippen molar-refractivity contribution >= 4 is 15.7 Å². The minimum absolute atomic E-state index is 0.0322. The van der Waals surface area contributed by atoms with E-state index in [4.69, 9.17) is 4.74 Å². The zero-order valence-electron chi connectivity index (χ0n) is 15.8. The van der Waals surface area contributed by atoms with Crippen LogP contribution in [0.3, 0.4) is 0 Å². The Kier molecular flexibility index (Phi) is 5.40. The van der Waals surface area contributed by atoms with Crippen LogP contribution in [-0.2, 0) is 34.0 Å². The number of aryl methyl sites for hydroxylation is 2. The first-order valence-corrected chi connectivity index (χ1v) is 11.6. The first-order valence-electron chi connectivity index (χ1n) is 9.79. The molecule has 1 saturated heterocycles. The first-order chi connectivity index (χ1) is 13.5. The number of fused-ring (bicyclic) bond motifs is 1. The standard InChI is InChI=1S/C22H25NO4S/c24-22(15-27-21-10-9-18-7-4-8-19(18)13-21)23(14-17-5-2-1-3-6-17)20-11-12-28(25,26)16-20/h1-3,5-6,9-10,13,20H,4,7-8,11-12,14-16H2/t20-/m0/s1. The molecule has 0 aromatic heterocycles. The van der Waals surface area contributed by atoms with Gasteiger partial charge in [0, 0.05) is 12.6 Å². The fourth-order valence-corrected chi connectivity index (χ4v) is 5.82. The third kappa shape index (κ3) is 4.38. The fourth-order valence-electron chi connectivity index (χ4n) is 4.09. The highest BCUT2D eigenvalue weighted by Gasteiger charge is 2.34. The van der Waals surface area contributed by atoms with Crippen LogP contribution in [0.25, 0.3) is 0 Å². The van der Waals surface area contributed by atoms with Crippen LogP contribution >= 0.6 is 0 Å². The van der Waals surface area contributed by atoms with Gasteiger partial charge in [0.1, 0.15) is 5.75 Å². The summed E-state index contributed by atoms with van der Waals surface area (Å²) in [7, 11) is -3.07. The van der Waals surface area contributed by atoms with Gasteiger partial charge in [0.2, 0.25) is 0 Å². The molecule has 0 unspecified atom stereocenters. The molecule has 6 heteroatoms. The van der Waals surface area contributed by atoms with E-state index in [1.54, 1.807) is 4.90 Å². The van der Waals surface area contributed by atoms with Gasteiger partial charge < -0.3 is 9.64 Å². The second-order valence-electron chi connectivity index (χ2n) is 7.64. The maximum atomic E-state index is 13.0. The van der Waals surface area contributed by atoms with Gasteiger partial charge in [-0.15, -0.1) is 0 Å². The van der Waals surface area contributed by atoms with Crippen molar-refractivity contribution in [2.24, 2.45) is 0 Å². The number of hydrogen-bond acceptors (Lipinski definition) is 4. The molecule has 148 valence electrons. The zero-order chi connectivity index (χ0) is 19.6. The number of ether oxygens (including phenoxy) is 1. The first kappa shape index (κ1) is 19.0. The molecule has 1 aliphatic carbocycles. The summed E-state index contributed by atoms with van der Waals surface area (Å²) in [5.74, 6) is 0.700. The van der Waals surface area contributed by atoms with Crippen LogP contribution in [0.4, 0.5) is 0 Å². The summed E-state index contributed by atoms with van der Waals surface area (Å²) >= 11 is 0. The number of carbonyl (C=O) groups is 1. The zero-order valence-corrected chi connectivity index (χ0v) is 16.7. The van der Waals surface area contributed by atoms with Crippen LogP contribution in [0.5, 0.6) is 5.75 Å². The Bertz CT molecular complexity index is 956. The number of hydrogen-bond donors (Lipinski definition) is 0. The summed E-state index contributed by atoms with van der Waals surface area (Å²) in [5, 5.41) is 0. The molecule has 4 rings (SSSR count). The summed E-state index contributed by atoms with van der Waals surface area (Å²) in [6, 6.07) is 15.4. The average molecular weight is 400 g/mol. The van der Waals surface area contributed by atoms with E-state index >= 15 is 0 Å². The maximum Gasteiger partial charge on any atom is 0.261 e. The van der Waals surface area contributed by atoms with Crippen LogP contribution in [0.1, 0.15) is 29.5 Å². The molecule has 0 radical (unpaired) electrons. The van der Waals surface area contributed by atoms with Gasteiger partial charge in [-0.2, -0.15) is 0 Å². The Morgan fingerprint density at radius 1 is 1.07 bits per heavy atom. The summed E-state index contributed by atoms with van der Waals surface area (Å²) in [6.45, 7) is 0.315. The normalized spacial score (nSPS) is 19.9. The Balaban J connectivity index is 1.46. The Hall–Kier alpha value is -2.34. The molecule has 2 aliphatic rings. The van der Waals surface area contributed by atoms with Gasteiger partial charge in [-0.25, -0.2) is 8.42 Å². The number of amides is 1. The van der Waals surface area contributed by atoms with Crippen LogP contribution in [-0.4, -0.2) is 43.4 Å². The van der Waals surface area contributed by atoms with E-state index in [-0.39, 0.29) is 30.1 Å². The molecule has 1 atom stereocenters. The molecule has 1 aliphatic heterocycles. The quantitative estimate of drug-likeness (QED) is 0.749. The van der Waals surface area contributed by atoms with Gasteiger partial charge in [0.05, 0.1) is 11.5 Å². The van der Waals surface area contributed by atoms with Crippen LogP contribution in [0.2, 0.25) is 0 Å². The maximum absolute atomic E-state index is 13.0. The number of rotatable bonds is 6. The molecule has 28 heavy (non-hydrogen) atoms. The number of sulfone groups is 1. The lowest BCUT2D eigenvalue weighted by molar-refractivity contribution is -0.136. The van der Waals surface area contributed by atoms with E-state index in [1.807, 2.05) is 42.5 Å². The molecule has 5 nitrogen and oxygen atoms in total. The SMILES string of the molecule is O=C(COc1ccc2c(c1)CCC2)N(Cc1ccccc1)[C@H]1CCS(=O)(=O)C1. The smallest absolute Gasteiger partial charge is 0.261 e. The van der Waals surface area contributed by atoms with Crippen molar-refractivity contribution < 1.29 is 17.9 Å². The molecule has 2 aromatic rings. The summed E-state index contributed by atoms with van der Waals surface area (Å²) in [5.41, 5.74) is 3.64. The Morgan fingerprint density at radius 2 is 1.86 bits per heavy atom. The Morgan fingerprint density at radius 3 is 2.61 bits per heavy atom. The highest BCUT2D eigenvalue weighted by atomic mass is 32.2.